The number of aromatic nitrogens is 2. The van der Waals surface area contributed by atoms with E-state index < -0.39 is 18.0 Å². The number of aliphatic hydroxyl groups excluding tert-OH is 1. The van der Waals surface area contributed by atoms with Crippen molar-refractivity contribution in [3.8, 4) is 0 Å². The molecule has 2 aromatic heterocycles. The van der Waals surface area contributed by atoms with Gasteiger partial charge in [0.1, 0.15) is 16.9 Å². The van der Waals surface area contributed by atoms with Gasteiger partial charge in [0.2, 0.25) is 12.3 Å². The van der Waals surface area contributed by atoms with E-state index in [2.05, 4.69) is 10.3 Å². The molecule has 2 aliphatic heterocycles. The molecule has 0 radical (unpaired) electrons. The standard InChI is InChI=1S/C16H16N4O5S/c1-7(22)12-10-2-8(13(16(24)25)20(10)14(12)23)11-4-26-15-9(3-17-6-21)18-5-19(11)15/h4-7,10,12,22H,2-3H2,1H3,(H,17,21)(H,24,25)/t7-,10-,12-/m1/s1. The van der Waals surface area contributed by atoms with E-state index in [4.69, 9.17) is 0 Å². The van der Waals surface area contributed by atoms with Crippen LogP contribution in [-0.4, -0.2) is 54.9 Å². The number of nitrogens with zero attached hydrogens (tertiary/aromatic N) is 3. The summed E-state index contributed by atoms with van der Waals surface area (Å²) in [5.41, 5.74) is 1.87. The highest BCUT2D eigenvalue weighted by Gasteiger charge is 2.57. The van der Waals surface area contributed by atoms with Gasteiger partial charge in [-0.2, -0.15) is 0 Å². The van der Waals surface area contributed by atoms with Gasteiger partial charge < -0.3 is 20.4 Å². The van der Waals surface area contributed by atoms with E-state index in [-0.39, 0.29) is 24.2 Å². The zero-order chi connectivity index (χ0) is 18.6. The van der Waals surface area contributed by atoms with Crippen molar-refractivity contribution in [2.24, 2.45) is 5.92 Å². The minimum absolute atomic E-state index is 0.0298. The second-order valence-electron chi connectivity index (χ2n) is 6.36. The number of rotatable bonds is 6. The molecule has 4 heterocycles. The van der Waals surface area contributed by atoms with E-state index in [9.17, 15) is 24.6 Å². The highest BCUT2D eigenvalue weighted by molar-refractivity contribution is 7.15. The molecule has 26 heavy (non-hydrogen) atoms. The summed E-state index contributed by atoms with van der Waals surface area (Å²) in [6, 6.07) is -0.335. The molecule has 0 bridgehead atoms. The normalized spacial score (nSPS) is 23.2. The Balaban J connectivity index is 1.77. The van der Waals surface area contributed by atoms with Gasteiger partial charge in [-0.1, -0.05) is 0 Å². The second-order valence-corrected chi connectivity index (χ2v) is 7.22. The topological polar surface area (TPSA) is 124 Å². The van der Waals surface area contributed by atoms with Crippen molar-refractivity contribution >= 4 is 40.0 Å². The molecule has 3 N–H and O–H groups in total. The summed E-state index contributed by atoms with van der Waals surface area (Å²) >= 11 is 1.39. The molecule has 2 aliphatic rings. The maximum Gasteiger partial charge on any atom is 0.352 e. The Morgan fingerprint density at radius 1 is 1.58 bits per heavy atom. The van der Waals surface area contributed by atoms with Crippen LogP contribution in [0.2, 0.25) is 0 Å². The van der Waals surface area contributed by atoms with E-state index in [1.54, 1.807) is 17.7 Å². The van der Waals surface area contributed by atoms with Gasteiger partial charge in [0.25, 0.3) is 0 Å². The molecule has 2 aromatic rings. The highest BCUT2D eigenvalue weighted by atomic mass is 32.1. The summed E-state index contributed by atoms with van der Waals surface area (Å²) in [5, 5.41) is 23.9. The van der Waals surface area contributed by atoms with Gasteiger partial charge in [-0.25, -0.2) is 9.78 Å². The lowest BCUT2D eigenvalue weighted by Crippen LogP contribution is -2.61. The van der Waals surface area contributed by atoms with Crippen LogP contribution in [-0.2, 0) is 20.9 Å². The lowest BCUT2D eigenvalue weighted by atomic mass is 9.83. The smallest absolute Gasteiger partial charge is 0.352 e. The lowest BCUT2D eigenvalue weighted by Gasteiger charge is -2.44. The fourth-order valence-corrected chi connectivity index (χ4v) is 4.81. The Hall–Kier alpha value is -2.72. The number of carbonyl (C=O) groups excluding carboxylic acids is 2. The van der Waals surface area contributed by atoms with Crippen LogP contribution in [0.25, 0.3) is 10.4 Å². The summed E-state index contributed by atoms with van der Waals surface area (Å²) < 4.78 is 1.78. The molecule has 9 nitrogen and oxygen atoms in total. The Morgan fingerprint density at radius 2 is 2.35 bits per heavy atom. The summed E-state index contributed by atoms with van der Waals surface area (Å²) in [6.45, 7) is 1.82. The van der Waals surface area contributed by atoms with Crippen LogP contribution in [0.15, 0.2) is 17.4 Å². The maximum absolute atomic E-state index is 12.3. The number of amides is 2. The molecular formula is C16H16N4O5S. The summed E-state index contributed by atoms with van der Waals surface area (Å²) in [7, 11) is 0. The fourth-order valence-electron chi connectivity index (χ4n) is 3.81. The minimum atomic E-state index is -1.16. The summed E-state index contributed by atoms with van der Waals surface area (Å²) in [4.78, 5) is 41.0. The molecule has 1 saturated heterocycles. The van der Waals surface area contributed by atoms with Crippen LogP contribution in [0, 0.1) is 5.92 Å². The van der Waals surface area contributed by atoms with Gasteiger partial charge in [-0.3, -0.25) is 14.0 Å². The number of hydrogen-bond acceptors (Lipinski definition) is 6. The van der Waals surface area contributed by atoms with E-state index in [0.717, 1.165) is 4.83 Å². The average molecular weight is 376 g/mol. The van der Waals surface area contributed by atoms with Crippen LogP contribution in [0.1, 0.15) is 24.7 Å². The Kier molecular flexibility index (Phi) is 3.81. The predicted octanol–water partition coefficient (Wildman–Crippen LogP) is 0.0490. The number of hydrogen-bond donors (Lipinski definition) is 3. The molecule has 0 unspecified atom stereocenters. The predicted molar refractivity (Wildman–Crippen MR) is 91.0 cm³/mol. The molecule has 0 spiro atoms. The number of carbonyl (C=O) groups is 3. The Labute approximate surface area is 151 Å². The van der Waals surface area contributed by atoms with Gasteiger partial charge in [0, 0.05) is 11.0 Å². The van der Waals surface area contributed by atoms with Crippen molar-refractivity contribution in [1.29, 1.82) is 0 Å². The van der Waals surface area contributed by atoms with Crippen molar-refractivity contribution in [3.05, 3.63) is 28.8 Å². The van der Waals surface area contributed by atoms with Gasteiger partial charge in [-0.15, -0.1) is 11.3 Å². The number of β-lactam (4-membered cyclic amide) rings is 1. The average Bonchev–Trinajstić information content (AvgIpc) is 3.24. The third kappa shape index (κ3) is 2.19. The first-order chi connectivity index (χ1) is 12.5. The van der Waals surface area contributed by atoms with E-state index in [0.29, 0.717) is 29.8 Å². The number of thiazole rings is 1. The number of carboxylic acids is 1. The molecule has 0 aromatic carbocycles. The van der Waals surface area contributed by atoms with E-state index >= 15 is 0 Å². The summed E-state index contributed by atoms with van der Waals surface area (Å²) in [5.74, 6) is -2.10. The van der Waals surface area contributed by atoms with Crippen molar-refractivity contribution in [2.75, 3.05) is 0 Å². The molecule has 1 fully saturated rings. The highest BCUT2D eigenvalue weighted by Crippen LogP contribution is 2.47. The van der Waals surface area contributed by atoms with Gasteiger partial charge in [0.15, 0.2) is 0 Å². The number of aliphatic carboxylic acids is 1. The first-order valence-corrected chi connectivity index (χ1v) is 8.92. The number of carboxylic acid groups (broad SMARTS) is 1. The fraction of sp³-hybridized carbons (Fsp3) is 0.375. The molecule has 0 aliphatic carbocycles. The zero-order valence-electron chi connectivity index (χ0n) is 13.7. The monoisotopic (exact) mass is 376 g/mol. The summed E-state index contributed by atoms with van der Waals surface area (Å²) in [6.07, 6.45) is 1.72. The molecule has 4 rings (SSSR count). The van der Waals surface area contributed by atoms with Crippen molar-refractivity contribution in [1.82, 2.24) is 19.6 Å². The van der Waals surface area contributed by atoms with E-state index in [1.807, 2.05) is 5.38 Å². The lowest BCUT2D eigenvalue weighted by molar-refractivity contribution is -0.161. The number of imidazole rings is 1. The third-order valence-electron chi connectivity index (χ3n) is 4.93. The third-order valence-corrected chi connectivity index (χ3v) is 5.93. The molecule has 136 valence electrons. The number of aliphatic hydroxyl groups is 1. The zero-order valence-corrected chi connectivity index (χ0v) is 14.6. The largest absolute Gasteiger partial charge is 0.477 e. The van der Waals surface area contributed by atoms with Crippen molar-refractivity contribution < 1.29 is 24.6 Å². The van der Waals surface area contributed by atoms with Crippen LogP contribution in [0.3, 0.4) is 0 Å². The number of fused-ring (bicyclic) bond motifs is 2. The van der Waals surface area contributed by atoms with Gasteiger partial charge in [-0.05, 0) is 13.3 Å². The molecule has 10 heteroatoms. The van der Waals surface area contributed by atoms with Crippen molar-refractivity contribution in [2.45, 2.75) is 32.0 Å². The Morgan fingerprint density at radius 3 is 3.00 bits per heavy atom. The first-order valence-electron chi connectivity index (χ1n) is 8.04. The second kappa shape index (κ2) is 5.92. The van der Waals surface area contributed by atoms with E-state index in [1.165, 1.54) is 16.2 Å². The van der Waals surface area contributed by atoms with Crippen LogP contribution >= 0.6 is 11.3 Å². The minimum Gasteiger partial charge on any atom is -0.477 e. The van der Waals surface area contributed by atoms with Gasteiger partial charge in [0.05, 0.1) is 36.0 Å². The van der Waals surface area contributed by atoms with Crippen LogP contribution < -0.4 is 5.32 Å². The quantitative estimate of drug-likeness (QED) is 0.483. The molecular weight excluding hydrogens is 360 g/mol. The number of nitrogens with one attached hydrogen (secondary N) is 1. The molecule has 3 atom stereocenters. The van der Waals surface area contributed by atoms with Crippen LogP contribution in [0.4, 0.5) is 0 Å². The Bertz CT molecular complexity index is 959. The SMILES string of the molecule is C[C@@H](O)[C@H]1C(=O)N2C(C(=O)O)=C(c3csc4c(CNC=O)ncn34)C[C@H]12. The van der Waals surface area contributed by atoms with Crippen LogP contribution in [0.5, 0.6) is 0 Å². The van der Waals surface area contributed by atoms with Gasteiger partial charge >= 0.3 is 5.97 Å². The van der Waals surface area contributed by atoms with Crippen molar-refractivity contribution in [3.63, 3.8) is 0 Å². The first kappa shape index (κ1) is 16.7. The molecule has 2 amide bonds. The molecule has 0 saturated carbocycles. The maximum atomic E-state index is 12.3.